The predicted octanol–water partition coefficient (Wildman–Crippen LogP) is 2.56. The van der Waals surface area contributed by atoms with Crippen LogP contribution in [0.25, 0.3) is 0 Å². The van der Waals surface area contributed by atoms with Crippen molar-refractivity contribution in [3.05, 3.63) is 35.4 Å². The highest BCUT2D eigenvalue weighted by atomic mass is 16.6. The Balaban J connectivity index is 2.11. The lowest BCUT2D eigenvalue weighted by Crippen LogP contribution is -2.46. The summed E-state index contributed by atoms with van der Waals surface area (Å²) in [4.78, 5) is 25.4. The fourth-order valence-corrected chi connectivity index (χ4v) is 2.74. The van der Waals surface area contributed by atoms with E-state index in [0.29, 0.717) is 25.1 Å². The lowest BCUT2D eigenvalue weighted by atomic mass is 9.88. The zero-order valence-electron chi connectivity index (χ0n) is 14.6. The number of amides is 1. The average Bonchev–Trinajstić information content (AvgIpc) is 2.53. The van der Waals surface area contributed by atoms with Gasteiger partial charge < -0.3 is 19.5 Å². The van der Waals surface area contributed by atoms with Gasteiger partial charge >= 0.3 is 12.1 Å². The van der Waals surface area contributed by atoms with Crippen molar-refractivity contribution in [1.29, 1.82) is 0 Å². The van der Waals surface area contributed by atoms with Crippen LogP contribution >= 0.6 is 0 Å². The molecule has 0 radical (unpaired) electrons. The molecule has 2 rings (SSSR count). The Kier molecular flexibility index (Phi) is 5.49. The summed E-state index contributed by atoms with van der Waals surface area (Å²) in [6.07, 6.45) is -0.416. The fourth-order valence-electron chi connectivity index (χ4n) is 2.74. The summed E-state index contributed by atoms with van der Waals surface area (Å²) in [5.41, 5.74) is 0.782. The van der Waals surface area contributed by atoms with Gasteiger partial charge in [0, 0.05) is 19.0 Å². The van der Waals surface area contributed by atoms with Crippen molar-refractivity contribution in [2.45, 2.75) is 44.8 Å². The molecular formula is C18H25NO5. The van der Waals surface area contributed by atoms with Crippen molar-refractivity contribution in [2.24, 2.45) is 0 Å². The Hall–Kier alpha value is -2.08. The summed E-state index contributed by atoms with van der Waals surface area (Å²) >= 11 is 0. The monoisotopic (exact) mass is 335 g/mol. The van der Waals surface area contributed by atoms with Crippen molar-refractivity contribution in [2.75, 3.05) is 20.2 Å². The smallest absolute Gasteiger partial charge is 0.410 e. The summed E-state index contributed by atoms with van der Waals surface area (Å²) in [7, 11) is 1.33. The first kappa shape index (κ1) is 18.3. The van der Waals surface area contributed by atoms with E-state index in [1.807, 2.05) is 20.8 Å². The second-order valence-corrected chi connectivity index (χ2v) is 7.00. The molecule has 6 nitrogen and oxygen atoms in total. The molecule has 132 valence electrons. The number of carbonyl (C=O) groups excluding carboxylic acids is 2. The van der Waals surface area contributed by atoms with Gasteiger partial charge in [0.05, 0.1) is 18.8 Å². The van der Waals surface area contributed by atoms with Crippen molar-refractivity contribution >= 4 is 12.1 Å². The third-order valence-corrected chi connectivity index (χ3v) is 3.99. The van der Waals surface area contributed by atoms with E-state index in [0.717, 1.165) is 5.56 Å². The van der Waals surface area contributed by atoms with E-state index in [1.54, 1.807) is 29.2 Å². The van der Waals surface area contributed by atoms with Gasteiger partial charge in [-0.1, -0.05) is 12.1 Å². The minimum absolute atomic E-state index is 0.210. The first-order valence-corrected chi connectivity index (χ1v) is 8.05. The number of ether oxygens (including phenoxy) is 2. The summed E-state index contributed by atoms with van der Waals surface area (Å²) in [5.74, 6) is -0.612. The third-order valence-electron chi connectivity index (χ3n) is 3.99. The Morgan fingerprint density at radius 3 is 2.38 bits per heavy atom. The van der Waals surface area contributed by atoms with Gasteiger partial charge in [-0.25, -0.2) is 9.59 Å². The average molecular weight is 335 g/mol. The number of rotatable bonds is 2. The number of hydrogen-bond donors (Lipinski definition) is 1. The highest BCUT2D eigenvalue weighted by molar-refractivity contribution is 5.89. The molecule has 0 bridgehead atoms. The maximum atomic E-state index is 12.2. The van der Waals surface area contributed by atoms with Crippen LogP contribution in [0.2, 0.25) is 0 Å². The van der Waals surface area contributed by atoms with Gasteiger partial charge in [0.1, 0.15) is 5.60 Å². The SMILES string of the molecule is COC(=O)c1ccc([C@H]2CN(C(=O)OC(C)(C)C)CC[C@@H]2O)cc1. The molecule has 0 saturated carbocycles. The summed E-state index contributed by atoms with van der Waals surface area (Å²) < 4.78 is 10.1. The van der Waals surface area contributed by atoms with Crippen LogP contribution in [0.4, 0.5) is 4.79 Å². The molecule has 0 spiro atoms. The van der Waals surface area contributed by atoms with Crippen molar-refractivity contribution in [1.82, 2.24) is 4.90 Å². The van der Waals surface area contributed by atoms with E-state index in [2.05, 4.69) is 4.74 Å². The van der Waals surface area contributed by atoms with Crippen molar-refractivity contribution in [3.63, 3.8) is 0 Å². The Labute approximate surface area is 142 Å². The molecular weight excluding hydrogens is 310 g/mol. The first-order valence-electron chi connectivity index (χ1n) is 8.05. The van der Waals surface area contributed by atoms with Gasteiger partial charge in [-0.3, -0.25) is 0 Å². The Bertz CT molecular complexity index is 590. The molecule has 1 aromatic rings. The Morgan fingerprint density at radius 2 is 1.83 bits per heavy atom. The lowest BCUT2D eigenvalue weighted by molar-refractivity contribution is 0.00407. The van der Waals surface area contributed by atoms with Crippen molar-refractivity contribution in [3.8, 4) is 0 Å². The minimum Gasteiger partial charge on any atom is -0.465 e. The molecule has 1 saturated heterocycles. The second kappa shape index (κ2) is 7.21. The number of aliphatic hydroxyl groups excluding tert-OH is 1. The van der Waals surface area contributed by atoms with Crippen LogP contribution in [-0.4, -0.2) is 54.0 Å². The maximum absolute atomic E-state index is 12.2. The second-order valence-electron chi connectivity index (χ2n) is 7.00. The van der Waals surface area contributed by atoms with Gasteiger partial charge in [-0.2, -0.15) is 0 Å². The molecule has 0 aromatic heterocycles. The van der Waals surface area contributed by atoms with Crippen LogP contribution in [0.1, 0.15) is 49.0 Å². The van der Waals surface area contributed by atoms with E-state index in [-0.39, 0.29) is 12.0 Å². The lowest BCUT2D eigenvalue weighted by Gasteiger charge is -2.37. The molecule has 1 aliphatic rings. The topological polar surface area (TPSA) is 76.1 Å². The molecule has 6 heteroatoms. The first-order chi connectivity index (χ1) is 11.2. The van der Waals surface area contributed by atoms with Gasteiger partial charge in [0.25, 0.3) is 0 Å². The molecule has 1 N–H and O–H groups in total. The molecule has 1 heterocycles. The van der Waals surface area contributed by atoms with E-state index in [1.165, 1.54) is 7.11 Å². The number of esters is 1. The number of nitrogens with zero attached hydrogens (tertiary/aromatic N) is 1. The fraction of sp³-hybridized carbons (Fsp3) is 0.556. The van der Waals surface area contributed by atoms with E-state index in [4.69, 9.17) is 4.74 Å². The third kappa shape index (κ3) is 4.47. The number of aliphatic hydroxyl groups is 1. The van der Waals surface area contributed by atoms with Crippen LogP contribution in [0.5, 0.6) is 0 Å². The summed E-state index contributed by atoms with van der Waals surface area (Å²) in [6, 6.07) is 6.91. The minimum atomic E-state index is -0.551. The molecule has 0 aliphatic carbocycles. The quantitative estimate of drug-likeness (QED) is 0.841. The highest BCUT2D eigenvalue weighted by Gasteiger charge is 2.33. The van der Waals surface area contributed by atoms with Crippen LogP contribution in [-0.2, 0) is 9.47 Å². The van der Waals surface area contributed by atoms with E-state index in [9.17, 15) is 14.7 Å². The summed E-state index contributed by atoms with van der Waals surface area (Å²) in [5, 5.41) is 10.3. The number of carbonyl (C=O) groups is 2. The van der Waals surface area contributed by atoms with Crippen LogP contribution in [0.15, 0.2) is 24.3 Å². The predicted molar refractivity (Wildman–Crippen MR) is 89.0 cm³/mol. The summed E-state index contributed by atoms with van der Waals surface area (Å²) in [6.45, 7) is 6.33. The standard InChI is InChI=1S/C18H25NO5/c1-18(2,3)24-17(22)19-10-9-15(20)14(11-19)12-5-7-13(8-6-12)16(21)23-4/h5-8,14-15,20H,9-11H2,1-4H3/t14-,15+/m1/s1. The normalized spacial score (nSPS) is 21.3. The van der Waals surface area contributed by atoms with Crippen molar-refractivity contribution < 1.29 is 24.2 Å². The Morgan fingerprint density at radius 1 is 1.21 bits per heavy atom. The van der Waals surface area contributed by atoms with E-state index < -0.39 is 17.7 Å². The molecule has 2 atom stereocenters. The van der Waals surface area contributed by atoms with Crippen LogP contribution < -0.4 is 0 Å². The number of piperidine rings is 1. The number of likely N-dealkylation sites (tertiary alicyclic amines) is 1. The molecule has 1 aliphatic heterocycles. The van der Waals surface area contributed by atoms with Crippen LogP contribution in [0.3, 0.4) is 0 Å². The molecule has 24 heavy (non-hydrogen) atoms. The number of methoxy groups -OCH3 is 1. The zero-order valence-corrected chi connectivity index (χ0v) is 14.6. The molecule has 0 unspecified atom stereocenters. The molecule has 1 amide bonds. The van der Waals surface area contributed by atoms with Gasteiger partial charge in [0.15, 0.2) is 0 Å². The maximum Gasteiger partial charge on any atom is 0.410 e. The van der Waals surface area contributed by atoms with Gasteiger partial charge in [-0.15, -0.1) is 0 Å². The number of benzene rings is 1. The number of hydrogen-bond acceptors (Lipinski definition) is 5. The highest BCUT2D eigenvalue weighted by Crippen LogP contribution is 2.28. The molecule has 1 aromatic carbocycles. The van der Waals surface area contributed by atoms with Gasteiger partial charge in [-0.05, 0) is 44.9 Å². The van der Waals surface area contributed by atoms with Crippen LogP contribution in [0, 0.1) is 0 Å². The molecule has 1 fully saturated rings. The van der Waals surface area contributed by atoms with Gasteiger partial charge in [0.2, 0.25) is 0 Å². The largest absolute Gasteiger partial charge is 0.465 e. The van der Waals surface area contributed by atoms with E-state index >= 15 is 0 Å². The zero-order chi connectivity index (χ0) is 17.9.